The minimum atomic E-state index is -3.62. The monoisotopic (exact) mass is 1470 g/mol. The van der Waals surface area contributed by atoms with Gasteiger partial charge < -0.3 is 35.5 Å². The van der Waals surface area contributed by atoms with Crippen LogP contribution in [0.1, 0.15) is 88.6 Å². The number of benzene rings is 4. The third kappa shape index (κ3) is 27.1. The van der Waals surface area contributed by atoms with Gasteiger partial charge in [-0.15, -0.1) is 25.3 Å². The lowest BCUT2D eigenvalue weighted by molar-refractivity contribution is 0.149. The number of sulfonamides is 2. The van der Waals surface area contributed by atoms with Crippen molar-refractivity contribution in [3.8, 4) is 42.3 Å². The van der Waals surface area contributed by atoms with Crippen LogP contribution in [-0.2, 0) is 45.2 Å². The molecule has 4 heterocycles. The Bertz CT molecular complexity index is 4810. The van der Waals surface area contributed by atoms with E-state index in [9.17, 15) is 38.9 Å². The molecule has 4 aromatic carbocycles. The molecule has 0 saturated heterocycles. The van der Waals surface area contributed by atoms with Gasteiger partial charge >= 0.3 is 0 Å². The number of nitrogens with zero attached hydrogens (tertiary/aromatic N) is 6. The Morgan fingerprint density at radius 2 is 0.800 bits per heavy atom. The fourth-order valence-corrected chi connectivity index (χ4v) is 11.6. The first-order valence-corrected chi connectivity index (χ1v) is 38.1. The van der Waals surface area contributed by atoms with Gasteiger partial charge in [0.2, 0.25) is 25.7 Å². The number of terminal acetylenes is 2. The third-order valence-corrected chi connectivity index (χ3v) is 17.9. The zero-order chi connectivity index (χ0) is 73.1. The van der Waals surface area contributed by atoms with Gasteiger partial charge in [0.25, 0.3) is 20.4 Å². The van der Waals surface area contributed by atoms with Crippen LogP contribution in [0.2, 0.25) is 0 Å². The molecule has 12 N–H and O–H groups in total. The molecule has 0 aliphatic rings. The molecule has 0 radical (unpaired) electrons. The predicted molar refractivity (Wildman–Crippen MR) is 403 cm³/mol. The summed E-state index contributed by atoms with van der Waals surface area (Å²) in [7, 11) is -10.5. The number of nitrogens with one attached hydrogen (secondary N) is 8. The predicted octanol–water partition coefficient (Wildman–Crippen LogP) is 8.30. The van der Waals surface area contributed by atoms with Gasteiger partial charge in [-0.1, -0.05) is 18.3 Å². The second-order valence-corrected chi connectivity index (χ2v) is 29.3. The van der Waals surface area contributed by atoms with E-state index in [2.05, 4.69) is 129 Å². The second kappa shape index (κ2) is 39.9. The topological polar surface area (TPSA) is 392 Å². The van der Waals surface area contributed by atoms with Gasteiger partial charge in [0.05, 0.1) is 108 Å². The van der Waals surface area contributed by atoms with Crippen molar-refractivity contribution in [2.45, 2.75) is 80.1 Å². The Labute approximate surface area is 594 Å². The zero-order valence-corrected chi connectivity index (χ0v) is 61.8. The van der Waals surface area contributed by atoms with Crippen LogP contribution in [0.15, 0.2) is 73.3 Å². The van der Waals surface area contributed by atoms with Crippen LogP contribution in [0, 0.1) is 84.1 Å². The van der Waals surface area contributed by atoms with Crippen molar-refractivity contribution in [1.29, 1.82) is 5.26 Å². The first-order chi connectivity index (χ1) is 46.8. The molecule has 0 amide bonds. The van der Waals surface area contributed by atoms with Crippen molar-refractivity contribution >= 4 is 125 Å². The van der Waals surface area contributed by atoms with Gasteiger partial charge in [-0.2, -0.15) is 22.1 Å². The average molecular weight is 1470 g/mol. The molecule has 27 nitrogen and oxygen atoms in total. The van der Waals surface area contributed by atoms with E-state index in [0.717, 1.165) is 117 Å². The summed E-state index contributed by atoms with van der Waals surface area (Å²) in [6, 6.07) is 18.0. The number of anilines is 4. The van der Waals surface area contributed by atoms with Crippen LogP contribution in [0.25, 0.3) is 48.5 Å². The lowest BCUT2D eigenvalue weighted by Gasteiger charge is -2.14. The third-order valence-electron chi connectivity index (χ3n) is 15.2. The van der Waals surface area contributed by atoms with Gasteiger partial charge in [-0.05, 0) is 149 Å². The maximum absolute atomic E-state index is 11.0. The summed E-state index contributed by atoms with van der Waals surface area (Å²) in [6.07, 6.45) is 24.5. The standard InChI is InChI=1S/C18H24N4O2S.C17H22N4O5S.C17H22N4O2S.C16H20N4O2S.ClH/c1-4-15-12-21-17-11-14(3)13(2)10-16(17)18(15)20-8-6-5-7-9-22-25(19,23)24;1-18-14-11-20-13-10-16(25-3)15(24-2)9-12(13)17(14)19-5-7-26-8-6-21-27(4,22)23;1-4-14-11-20-16-10-13(3)12(2)9-15(16)17(14)19-7-5-6-8-21-24(18,22)23;1-11-7-14-15(8-12(11)2)19-10-13(9-17)16(14)18-5-4-6-20-23(3,21)22;/h1,10-12,22H,5-9H2,2-3H3,(H,20,21)(H2,19,23,24);9-11,21H,5-8H2,2-4H3,(H,19,20);1,9-11,21H,5-8H2,2-3H3,(H,19,20)(H2,18,22,23);7-8,10,20H,4-6H2,1-3H3,(H,18,19);1H. The molecule has 32 heteroatoms. The number of halogens is 1. The normalized spacial score (nSPS) is 11.2. The Kier molecular flexibility index (Phi) is 33.4. The first-order valence-electron chi connectivity index (χ1n) is 31.3. The summed E-state index contributed by atoms with van der Waals surface area (Å²) < 4.78 is 112. The number of aromatic nitrogens is 4. The minimum Gasteiger partial charge on any atom is -0.493 e. The van der Waals surface area contributed by atoms with Crippen LogP contribution in [0.4, 0.5) is 28.4 Å². The Balaban J connectivity index is 0.000000282. The second-order valence-electron chi connectivity index (χ2n) is 22.9. The smallest absolute Gasteiger partial charge is 0.274 e. The molecule has 8 rings (SSSR count). The summed E-state index contributed by atoms with van der Waals surface area (Å²) in [5.41, 5.74) is 15.9. The van der Waals surface area contributed by atoms with Crippen molar-refractivity contribution in [3.63, 3.8) is 0 Å². The number of nitriles is 1. The van der Waals surface area contributed by atoms with E-state index in [1.54, 1.807) is 44.9 Å². The van der Waals surface area contributed by atoms with E-state index < -0.39 is 40.5 Å². The van der Waals surface area contributed by atoms with Crippen LogP contribution in [0.3, 0.4) is 0 Å². The van der Waals surface area contributed by atoms with Crippen LogP contribution >= 0.6 is 12.4 Å². The highest BCUT2D eigenvalue weighted by Crippen LogP contribution is 2.39. The van der Waals surface area contributed by atoms with Crippen molar-refractivity contribution in [2.75, 3.05) is 114 Å². The molecule has 0 atom stereocenters. The molecule has 0 unspecified atom stereocenters. The van der Waals surface area contributed by atoms with Crippen LogP contribution in [-0.4, -0.2) is 146 Å². The summed E-state index contributed by atoms with van der Waals surface area (Å²) in [4.78, 5) is 21.0. The molecule has 0 aliphatic carbocycles. The minimum absolute atomic E-state index is 0. The lowest BCUT2D eigenvalue weighted by atomic mass is 10.0. The molecule has 0 saturated carbocycles. The van der Waals surface area contributed by atoms with Gasteiger partial charge in [-0.25, -0.2) is 50.8 Å². The maximum Gasteiger partial charge on any atom is 0.274 e. The number of ether oxygens (including phenoxy) is 3. The molecular formula is C68H89ClN16O11S4. The number of pyridine rings is 4. The molecule has 4 aromatic heterocycles. The van der Waals surface area contributed by atoms with E-state index in [1.807, 2.05) is 32.0 Å². The Morgan fingerprint density at radius 1 is 0.460 bits per heavy atom. The quantitative estimate of drug-likeness (QED) is 0.0111. The lowest BCUT2D eigenvalue weighted by Crippen LogP contribution is -2.31. The molecule has 0 spiro atoms. The molecule has 538 valence electrons. The number of nitrogens with two attached hydrogens (primary N) is 2. The molecule has 8 aromatic rings. The van der Waals surface area contributed by atoms with Gasteiger partial charge in [0.1, 0.15) is 6.07 Å². The number of unbranched alkanes of at least 4 members (excludes halogenated alkanes) is 3. The van der Waals surface area contributed by atoms with Crippen molar-refractivity contribution in [3.05, 3.63) is 135 Å². The fourth-order valence-electron chi connectivity index (χ4n) is 9.75. The fraction of sp³-hybridized carbons (Fsp3) is 0.382. The Morgan fingerprint density at radius 3 is 1.23 bits per heavy atom. The highest BCUT2D eigenvalue weighted by molar-refractivity contribution is 7.89. The van der Waals surface area contributed by atoms with Crippen LogP contribution < -0.4 is 59.9 Å². The van der Waals surface area contributed by atoms with Crippen molar-refractivity contribution < 1.29 is 47.9 Å². The van der Waals surface area contributed by atoms with E-state index >= 15 is 0 Å². The number of methoxy groups -OCH3 is 2. The SMILES string of the molecule is C#Cc1cnc2cc(C)c(C)cc2c1NCCCCCNS(N)(=O)=O.C#Cc1cnc2cc(C)c(C)cc2c1NCCCCNS(N)(=O)=O.Cc1cc2ncc(C#N)c(NCCCNS(C)(=O)=O)c2cc1C.Cl.[C-]#[N+]c1cnc2cc(OC)c(OC)cc2c1NCCOCCNS(C)(=O)=O. The van der Waals surface area contributed by atoms with Crippen LogP contribution in [0.5, 0.6) is 11.5 Å². The van der Waals surface area contributed by atoms with E-state index in [0.29, 0.717) is 98.2 Å². The number of hydrogen-bond donors (Lipinski definition) is 10. The summed E-state index contributed by atoms with van der Waals surface area (Å²) in [6.45, 7) is 23.9. The number of aryl methyl sites for hydroxylation is 6. The largest absolute Gasteiger partial charge is 0.493 e. The Hall–Kier alpha value is -8.77. The molecular weight excluding hydrogens is 1380 g/mol. The molecule has 0 aliphatic heterocycles. The van der Waals surface area contributed by atoms with Gasteiger partial charge in [0, 0.05) is 105 Å². The maximum atomic E-state index is 11.0. The van der Waals surface area contributed by atoms with Crippen molar-refractivity contribution in [2.24, 2.45) is 10.3 Å². The first kappa shape index (κ1) is 83.6. The molecule has 0 bridgehead atoms. The highest BCUT2D eigenvalue weighted by atomic mass is 35.5. The van der Waals surface area contributed by atoms with E-state index in [1.165, 1.54) is 28.5 Å². The summed E-state index contributed by atoms with van der Waals surface area (Å²) in [5.74, 6) is 6.44. The highest BCUT2D eigenvalue weighted by Gasteiger charge is 2.16. The van der Waals surface area contributed by atoms with E-state index in [4.69, 9.17) is 43.9 Å². The van der Waals surface area contributed by atoms with E-state index in [-0.39, 0.29) is 25.6 Å². The number of rotatable bonds is 31. The molecule has 100 heavy (non-hydrogen) atoms. The molecule has 0 fully saturated rings. The number of hydrogen-bond acceptors (Lipinski definition) is 20. The van der Waals surface area contributed by atoms with Crippen molar-refractivity contribution in [1.82, 2.24) is 38.8 Å². The average Bonchev–Trinajstić information content (AvgIpc) is 0.822. The van der Waals surface area contributed by atoms with Gasteiger partial charge in [0.15, 0.2) is 11.5 Å². The van der Waals surface area contributed by atoms with Gasteiger partial charge in [-0.3, -0.25) is 19.9 Å². The summed E-state index contributed by atoms with van der Waals surface area (Å²) in [5, 5.41) is 35.9. The summed E-state index contributed by atoms with van der Waals surface area (Å²) >= 11 is 0. The number of fused-ring (bicyclic) bond motifs is 4. The zero-order valence-electron chi connectivity index (χ0n) is 57.8.